The van der Waals surface area contributed by atoms with E-state index >= 15 is 0 Å². The Kier molecular flexibility index (Phi) is 3.99. The number of hydrogen-bond acceptors (Lipinski definition) is 4. The molecule has 0 spiro atoms. The molecule has 1 aromatic carbocycles. The molecule has 0 aliphatic carbocycles. The van der Waals surface area contributed by atoms with Gasteiger partial charge in [-0.2, -0.15) is 5.26 Å². The van der Waals surface area contributed by atoms with Gasteiger partial charge in [-0.15, -0.1) is 0 Å². The van der Waals surface area contributed by atoms with Crippen LogP contribution in [-0.4, -0.2) is 23.3 Å². The lowest BCUT2D eigenvalue weighted by molar-refractivity contribution is 0.00578. The summed E-state index contributed by atoms with van der Waals surface area (Å²) in [5.41, 5.74) is 3.78. The van der Waals surface area contributed by atoms with Gasteiger partial charge in [-0.3, -0.25) is 0 Å². The van der Waals surface area contributed by atoms with Gasteiger partial charge in [0.1, 0.15) is 11.8 Å². The average molecular weight is 320 g/mol. The van der Waals surface area contributed by atoms with E-state index in [0.29, 0.717) is 5.69 Å². The monoisotopic (exact) mass is 320 g/mol. The normalized spacial score (nSPS) is 18.4. The van der Waals surface area contributed by atoms with Gasteiger partial charge in [0.25, 0.3) is 0 Å². The maximum atomic E-state index is 9.04. The number of nitrogens with zero attached hydrogens (tertiary/aromatic N) is 2. The highest BCUT2D eigenvalue weighted by Gasteiger charge is 2.52. The minimum absolute atomic E-state index is 0.370. The van der Waals surface area contributed by atoms with E-state index < -0.39 is 7.12 Å². The summed E-state index contributed by atoms with van der Waals surface area (Å²) in [5, 5.41) is 9.04. The summed E-state index contributed by atoms with van der Waals surface area (Å²) < 4.78 is 12.4. The number of aromatic nitrogens is 1. The molecule has 3 rings (SSSR count). The third kappa shape index (κ3) is 2.84. The fraction of sp³-hybridized carbons (Fsp3) is 0.368. The van der Waals surface area contributed by atoms with Gasteiger partial charge in [-0.1, -0.05) is 23.8 Å². The first kappa shape index (κ1) is 16.7. The van der Waals surface area contributed by atoms with Gasteiger partial charge in [-0.05, 0) is 63.3 Å². The first-order valence-electron chi connectivity index (χ1n) is 8.06. The van der Waals surface area contributed by atoms with Gasteiger partial charge in [0.15, 0.2) is 0 Å². The van der Waals surface area contributed by atoms with Gasteiger partial charge in [-0.25, -0.2) is 4.98 Å². The second kappa shape index (κ2) is 5.73. The van der Waals surface area contributed by atoms with E-state index in [2.05, 4.69) is 30.1 Å². The van der Waals surface area contributed by atoms with Gasteiger partial charge in [0, 0.05) is 6.20 Å². The highest BCUT2D eigenvalue weighted by molar-refractivity contribution is 6.62. The van der Waals surface area contributed by atoms with Crippen LogP contribution in [0.15, 0.2) is 36.5 Å². The lowest BCUT2D eigenvalue weighted by atomic mass is 9.75. The number of benzene rings is 1. The molecular formula is C19H21BN2O2. The smallest absolute Gasteiger partial charge is 0.399 e. The summed E-state index contributed by atoms with van der Waals surface area (Å²) in [4.78, 5) is 4.03. The van der Waals surface area contributed by atoms with Crippen LogP contribution in [-0.2, 0) is 9.31 Å². The SMILES string of the molecule is Cc1ccc(-c2ccnc(C#N)c2)cc1B1OC(C)(C)C(C)(C)O1. The molecule has 1 fully saturated rings. The lowest BCUT2D eigenvalue weighted by Crippen LogP contribution is -2.41. The van der Waals surface area contributed by atoms with Crippen molar-refractivity contribution in [3.05, 3.63) is 47.8 Å². The Labute approximate surface area is 143 Å². The summed E-state index contributed by atoms with van der Waals surface area (Å²) in [6.45, 7) is 10.3. The standard InChI is InChI=1S/C19H21BN2O2/c1-13-6-7-14(15-8-9-22-16(10-15)12-21)11-17(13)20-23-18(2,3)19(4,5)24-20/h6-11H,1-5H3. The van der Waals surface area contributed by atoms with E-state index in [1.54, 1.807) is 12.3 Å². The number of pyridine rings is 1. The van der Waals surface area contributed by atoms with Crippen LogP contribution < -0.4 is 5.46 Å². The molecule has 1 aliphatic heterocycles. The quantitative estimate of drug-likeness (QED) is 0.797. The van der Waals surface area contributed by atoms with Crippen molar-refractivity contribution < 1.29 is 9.31 Å². The Morgan fingerprint density at radius 1 is 1.00 bits per heavy atom. The fourth-order valence-corrected chi connectivity index (χ4v) is 2.72. The van der Waals surface area contributed by atoms with Crippen LogP contribution in [0, 0.1) is 18.3 Å². The molecule has 24 heavy (non-hydrogen) atoms. The van der Waals surface area contributed by atoms with Crippen molar-refractivity contribution in [3.8, 4) is 17.2 Å². The zero-order chi connectivity index (χ0) is 17.5. The predicted octanol–water partition coefficient (Wildman–Crippen LogP) is 3.23. The molecule has 0 N–H and O–H groups in total. The maximum absolute atomic E-state index is 9.04. The zero-order valence-corrected chi connectivity index (χ0v) is 14.8. The summed E-state index contributed by atoms with van der Waals surface area (Å²) >= 11 is 0. The predicted molar refractivity (Wildman–Crippen MR) is 94.8 cm³/mol. The molecule has 0 saturated carbocycles. The molecule has 4 nitrogen and oxygen atoms in total. The molecule has 2 aromatic rings. The van der Waals surface area contributed by atoms with Crippen LogP contribution >= 0.6 is 0 Å². The van der Waals surface area contributed by atoms with Crippen molar-refractivity contribution in [1.82, 2.24) is 4.98 Å². The average Bonchev–Trinajstić information content (AvgIpc) is 2.75. The first-order chi connectivity index (χ1) is 11.2. The Bertz CT molecular complexity index is 808. The minimum Gasteiger partial charge on any atom is -0.399 e. The molecule has 0 amide bonds. The number of aryl methyl sites for hydroxylation is 1. The molecule has 1 aromatic heterocycles. The molecule has 2 heterocycles. The molecule has 5 heteroatoms. The van der Waals surface area contributed by atoms with Crippen molar-refractivity contribution in [1.29, 1.82) is 5.26 Å². The molecule has 1 aliphatic rings. The molecular weight excluding hydrogens is 299 g/mol. The molecule has 0 unspecified atom stereocenters. The third-order valence-electron chi connectivity index (χ3n) is 4.99. The van der Waals surface area contributed by atoms with Crippen molar-refractivity contribution in [2.75, 3.05) is 0 Å². The van der Waals surface area contributed by atoms with Crippen molar-refractivity contribution in [2.24, 2.45) is 0 Å². The van der Waals surface area contributed by atoms with Crippen LogP contribution in [0.4, 0.5) is 0 Å². The molecule has 0 atom stereocenters. The largest absolute Gasteiger partial charge is 0.495 e. The van der Waals surface area contributed by atoms with E-state index in [1.807, 2.05) is 39.8 Å². The highest BCUT2D eigenvalue weighted by Crippen LogP contribution is 2.37. The van der Waals surface area contributed by atoms with Gasteiger partial charge in [0.05, 0.1) is 11.2 Å². The number of hydrogen-bond donors (Lipinski definition) is 0. The van der Waals surface area contributed by atoms with E-state index in [0.717, 1.165) is 22.2 Å². The fourth-order valence-electron chi connectivity index (χ4n) is 2.72. The lowest BCUT2D eigenvalue weighted by Gasteiger charge is -2.32. The summed E-state index contributed by atoms with van der Waals surface area (Å²) in [6, 6.07) is 11.9. The second-order valence-electron chi connectivity index (χ2n) is 7.20. The molecule has 122 valence electrons. The highest BCUT2D eigenvalue weighted by atomic mass is 16.7. The van der Waals surface area contributed by atoms with Gasteiger partial charge >= 0.3 is 7.12 Å². The second-order valence-corrected chi connectivity index (χ2v) is 7.20. The summed E-state index contributed by atoms with van der Waals surface area (Å²) in [5.74, 6) is 0. The molecule has 1 saturated heterocycles. The summed E-state index contributed by atoms with van der Waals surface area (Å²) in [7, 11) is -0.396. The van der Waals surface area contributed by atoms with E-state index in [-0.39, 0.29) is 11.2 Å². The maximum Gasteiger partial charge on any atom is 0.495 e. The Morgan fingerprint density at radius 2 is 1.62 bits per heavy atom. The Morgan fingerprint density at radius 3 is 2.25 bits per heavy atom. The van der Waals surface area contributed by atoms with Gasteiger partial charge < -0.3 is 9.31 Å². The van der Waals surface area contributed by atoms with E-state index in [4.69, 9.17) is 14.6 Å². The Hall–Kier alpha value is -2.16. The van der Waals surface area contributed by atoms with Crippen LogP contribution in [0.2, 0.25) is 0 Å². The first-order valence-corrected chi connectivity index (χ1v) is 8.06. The summed E-state index contributed by atoms with van der Waals surface area (Å²) in [6.07, 6.45) is 1.65. The molecule has 0 radical (unpaired) electrons. The minimum atomic E-state index is -0.396. The van der Waals surface area contributed by atoms with Gasteiger partial charge in [0.2, 0.25) is 0 Å². The van der Waals surface area contributed by atoms with Crippen LogP contribution in [0.25, 0.3) is 11.1 Å². The Balaban J connectivity index is 2.00. The van der Waals surface area contributed by atoms with Crippen molar-refractivity contribution in [2.45, 2.75) is 45.8 Å². The van der Waals surface area contributed by atoms with Crippen LogP contribution in [0.5, 0.6) is 0 Å². The zero-order valence-electron chi connectivity index (χ0n) is 14.8. The van der Waals surface area contributed by atoms with Crippen molar-refractivity contribution in [3.63, 3.8) is 0 Å². The van der Waals surface area contributed by atoms with Crippen LogP contribution in [0.3, 0.4) is 0 Å². The van der Waals surface area contributed by atoms with Crippen LogP contribution in [0.1, 0.15) is 39.0 Å². The number of rotatable bonds is 2. The van der Waals surface area contributed by atoms with Crippen molar-refractivity contribution >= 4 is 12.6 Å². The van der Waals surface area contributed by atoms with E-state index in [1.165, 1.54) is 0 Å². The number of nitriles is 1. The topological polar surface area (TPSA) is 55.1 Å². The molecule has 0 bridgehead atoms. The van der Waals surface area contributed by atoms with E-state index in [9.17, 15) is 0 Å². The third-order valence-corrected chi connectivity index (χ3v) is 4.99.